The molecule has 0 saturated heterocycles. The molecule has 2 N–H and O–H groups in total. The number of halogens is 1. The predicted octanol–water partition coefficient (Wildman–Crippen LogP) is 4.35. The molecule has 0 unspecified atom stereocenters. The van der Waals surface area contributed by atoms with Crippen LogP contribution < -0.4 is 15.4 Å². The molecule has 0 bridgehead atoms. The van der Waals surface area contributed by atoms with Crippen LogP contribution in [0, 0.1) is 6.92 Å². The van der Waals surface area contributed by atoms with Crippen molar-refractivity contribution in [1.29, 1.82) is 0 Å². The largest absolute Gasteiger partial charge is 0.497 e. The maximum atomic E-state index is 12.3. The van der Waals surface area contributed by atoms with Gasteiger partial charge in [0.15, 0.2) is 0 Å². The molecule has 0 aliphatic rings. The lowest BCUT2D eigenvalue weighted by Gasteiger charge is -2.08. The zero-order valence-corrected chi connectivity index (χ0v) is 16.5. The summed E-state index contributed by atoms with van der Waals surface area (Å²) in [4.78, 5) is 20.7. The van der Waals surface area contributed by atoms with Gasteiger partial charge in [-0.15, -0.1) is 0 Å². The SMILES string of the molecule is COc1ccc(CCNc2ncc(C(=O)Nc3ccc(C)c(Cl)c3)cn2)cc1. The Labute approximate surface area is 168 Å². The number of hydrogen-bond donors (Lipinski definition) is 2. The molecule has 6 nitrogen and oxygen atoms in total. The molecule has 3 rings (SSSR count). The Balaban J connectivity index is 1.52. The summed E-state index contributed by atoms with van der Waals surface area (Å²) in [7, 11) is 1.65. The number of carbonyl (C=O) groups is 1. The Morgan fingerprint density at radius 1 is 1.11 bits per heavy atom. The van der Waals surface area contributed by atoms with E-state index in [-0.39, 0.29) is 5.91 Å². The van der Waals surface area contributed by atoms with Crippen LogP contribution in [0.4, 0.5) is 11.6 Å². The standard InChI is InChI=1S/C21H21ClN4O2/c1-14-3-6-17(11-19(14)22)26-20(27)16-12-24-21(25-13-16)23-10-9-15-4-7-18(28-2)8-5-15/h3-8,11-13H,9-10H2,1-2H3,(H,26,27)(H,23,24,25). The topological polar surface area (TPSA) is 76.1 Å². The molecular weight excluding hydrogens is 376 g/mol. The van der Waals surface area contributed by atoms with Crippen LogP contribution in [0.15, 0.2) is 54.9 Å². The molecule has 0 saturated carbocycles. The van der Waals surface area contributed by atoms with Crippen LogP contribution in [0.2, 0.25) is 5.02 Å². The molecule has 0 aliphatic carbocycles. The van der Waals surface area contributed by atoms with Crippen LogP contribution in [0.3, 0.4) is 0 Å². The van der Waals surface area contributed by atoms with Gasteiger partial charge in [-0.1, -0.05) is 29.8 Å². The fourth-order valence-corrected chi connectivity index (χ4v) is 2.70. The summed E-state index contributed by atoms with van der Waals surface area (Å²) in [5.41, 5.74) is 3.13. The van der Waals surface area contributed by atoms with E-state index in [9.17, 15) is 4.79 Å². The number of benzene rings is 2. The molecule has 144 valence electrons. The van der Waals surface area contributed by atoms with Gasteiger partial charge in [0, 0.05) is 29.6 Å². The molecule has 0 fully saturated rings. The highest BCUT2D eigenvalue weighted by atomic mass is 35.5. The highest BCUT2D eigenvalue weighted by Crippen LogP contribution is 2.20. The first-order valence-electron chi connectivity index (χ1n) is 8.81. The molecule has 28 heavy (non-hydrogen) atoms. The second kappa shape index (κ2) is 9.19. The van der Waals surface area contributed by atoms with E-state index in [1.165, 1.54) is 18.0 Å². The first-order chi connectivity index (χ1) is 13.5. The Bertz CT molecular complexity index is 944. The highest BCUT2D eigenvalue weighted by molar-refractivity contribution is 6.31. The average Bonchev–Trinajstić information content (AvgIpc) is 2.72. The number of aryl methyl sites for hydroxylation is 1. The molecule has 0 aliphatic heterocycles. The summed E-state index contributed by atoms with van der Waals surface area (Å²) in [5, 5.41) is 6.54. The van der Waals surface area contributed by atoms with Crippen LogP contribution >= 0.6 is 11.6 Å². The number of ether oxygens (including phenoxy) is 1. The van der Waals surface area contributed by atoms with E-state index < -0.39 is 0 Å². The van der Waals surface area contributed by atoms with E-state index in [4.69, 9.17) is 16.3 Å². The predicted molar refractivity (Wildman–Crippen MR) is 111 cm³/mol. The smallest absolute Gasteiger partial charge is 0.258 e. The lowest BCUT2D eigenvalue weighted by atomic mass is 10.1. The number of nitrogens with zero attached hydrogens (tertiary/aromatic N) is 2. The maximum Gasteiger partial charge on any atom is 0.258 e. The van der Waals surface area contributed by atoms with Gasteiger partial charge < -0.3 is 15.4 Å². The Kier molecular flexibility index (Phi) is 6.45. The summed E-state index contributed by atoms with van der Waals surface area (Å²) in [6, 6.07) is 13.3. The van der Waals surface area contributed by atoms with Gasteiger partial charge in [0.05, 0.1) is 12.7 Å². The Hall–Kier alpha value is -3.12. The maximum absolute atomic E-state index is 12.3. The first-order valence-corrected chi connectivity index (χ1v) is 9.19. The van der Waals surface area contributed by atoms with E-state index in [2.05, 4.69) is 20.6 Å². The molecule has 7 heteroatoms. The molecule has 1 aromatic heterocycles. The fraction of sp³-hybridized carbons (Fsp3) is 0.190. The van der Waals surface area contributed by atoms with Crippen molar-refractivity contribution in [2.45, 2.75) is 13.3 Å². The third-order valence-corrected chi connectivity index (χ3v) is 4.61. The summed E-state index contributed by atoms with van der Waals surface area (Å²) >= 11 is 6.08. The number of carbonyl (C=O) groups excluding carboxylic acids is 1. The zero-order chi connectivity index (χ0) is 19.9. The molecule has 0 atom stereocenters. The van der Waals surface area contributed by atoms with Gasteiger partial charge in [0.25, 0.3) is 5.91 Å². The lowest BCUT2D eigenvalue weighted by molar-refractivity contribution is 0.102. The quantitative estimate of drug-likeness (QED) is 0.620. The second-order valence-electron chi connectivity index (χ2n) is 6.24. The van der Waals surface area contributed by atoms with Crippen LogP contribution in [0.25, 0.3) is 0 Å². The number of hydrogen-bond acceptors (Lipinski definition) is 5. The minimum absolute atomic E-state index is 0.287. The zero-order valence-electron chi connectivity index (χ0n) is 15.7. The summed E-state index contributed by atoms with van der Waals surface area (Å²) < 4.78 is 5.15. The van der Waals surface area contributed by atoms with Crippen molar-refractivity contribution in [3.63, 3.8) is 0 Å². The van der Waals surface area contributed by atoms with Gasteiger partial charge in [-0.3, -0.25) is 4.79 Å². The average molecular weight is 397 g/mol. The van der Waals surface area contributed by atoms with E-state index in [1.54, 1.807) is 19.2 Å². The van der Waals surface area contributed by atoms with Crippen molar-refractivity contribution >= 4 is 29.1 Å². The molecule has 2 aromatic carbocycles. The van der Waals surface area contributed by atoms with Crippen LogP contribution in [0.1, 0.15) is 21.5 Å². The van der Waals surface area contributed by atoms with Crippen molar-refractivity contribution in [2.75, 3.05) is 24.3 Å². The molecule has 1 amide bonds. The summed E-state index contributed by atoms with van der Waals surface area (Å²) in [6.07, 6.45) is 3.81. The second-order valence-corrected chi connectivity index (χ2v) is 6.65. The minimum atomic E-state index is -0.287. The summed E-state index contributed by atoms with van der Waals surface area (Å²) in [5.74, 6) is 1.02. The lowest BCUT2D eigenvalue weighted by Crippen LogP contribution is -2.14. The van der Waals surface area contributed by atoms with Crippen LogP contribution in [0.5, 0.6) is 5.75 Å². The molecule has 0 spiro atoms. The first kappa shape index (κ1) is 19.6. The monoisotopic (exact) mass is 396 g/mol. The normalized spacial score (nSPS) is 10.4. The van der Waals surface area contributed by atoms with Gasteiger partial charge in [0.2, 0.25) is 5.95 Å². The van der Waals surface area contributed by atoms with Crippen LogP contribution in [-0.2, 0) is 6.42 Å². The molecule has 0 radical (unpaired) electrons. The van der Waals surface area contributed by atoms with Gasteiger partial charge in [0.1, 0.15) is 5.75 Å². The van der Waals surface area contributed by atoms with Gasteiger partial charge >= 0.3 is 0 Å². The van der Waals surface area contributed by atoms with Crippen molar-refractivity contribution < 1.29 is 9.53 Å². The Morgan fingerprint density at radius 3 is 2.46 bits per heavy atom. The van der Waals surface area contributed by atoms with E-state index in [0.29, 0.717) is 28.8 Å². The van der Waals surface area contributed by atoms with Crippen molar-refractivity contribution in [3.8, 4) is 5.75 Å². The van der Waals surface area contributed by atoms with E-state index in [1.807, 2.05) is 37.3 Å². The van der Waals surface area contributed by atoms with Gasteiger partial charge in [-0.2, -0.15) is 0 Å². The Morgan fingerprint density at radius 2 is 1.82 bits per heavy atom. The van der Waals surface area contributed by atoms with Crippen LogP contribution in [-0.4, -0.2) is 29.5 Å². The third-order valence-electron chi connectivity index (χ3n) is 4.20. The number of amides is 1. The molecule has 3 aromatic rings. The molecule has 1 heterocycles. The third kappa shape index (κ3) is 5.20. The highest BCUT2D eigenvalue weighted by Gasteiger charge is 2.08. The number of aromatic nitrogens is 2. The van der Waals surface area contributed by atoms with Crippen molar-refractivity contribution in [3.05, 3.63) is 76.6 Å². The number of methoxy groups -OCH3 is 1. The van der Waals surface area contributed by atoms with Crippen molar-refractivity contribution in [2.24, 2.45) is 0 Å². The molecular formula is C21H21ClN4O2. The van der Waals surface area contributed by atoms with Crippen molar-refractivity contribution in [1.82, 2.24) is 9.97 Å². The number of rotatable bonds is 7. The number of nitrogens with one attached hydrogen (secondary N) is 2. The summed E-state index contributed by atoms with van der Waals surface area (Å²) in [6.45, 7) is 2.59. The fourth-order valence-electron chi connectivity index (χ4n) is 2.52. The van der Waals surface area contributed by atoms with Gasteiger partial charge in [-0.05, 0) is 48.7 Å². The van der Waals surface area contributed by atoms with E-state index in [0.717, 1.165) is 17.7 Å². The van der Waals surface area contributed by atoms with E-state index >= 15 is 0 Å². The van der Waals surface area contributed by atoms with Gasteiger partial charge in [-0.25, -0.2) is 9.97 Å². The number of anilines is 2. The minimum Gasteiger partial charge on any atom is -0.497 e.